The number of nitrogens with one attached hydrogen (secondary N) is 1. The van der Waals surface area contributed by atoms with E-state index in [9.17, 15) is 13.2 Å². The highest BCUT2D eigenvalue weighted by molar-refractivity contribution is 7.90. The third-order valence-electron chi connectivity index (χ3n) is 2.30. The van der Waals surface area contributed by atoms with Crippen LogP contribution in [0.5, 0.6) is 0 Å². The number of nitrogen functional groups attached to an aromatic ring is 1. The Balaban J connectivity index is 2.70. The van der Waals surface area contributed by atoms with Crippen molar-refractivity contribution in [2.45, 2.75) is 6.42 Å². The monoisotopic (exact) mass is 287 g/mol. The van der Waals surface area contributed by atoms with Crippen molar-refractivity contribution < 1.29 is 17.9 Å². The van der Waals surface area contributed by atoms with E-state index in [1.807, 2.05) is 0 Å². The molecule has 0 aliphatic heterocycles. The normalized spacial score (nSPS) is 11.1. The fourth-order valence-corrected chi connectivity index (χ4v) is 2.10. The van der Waals surface area contributed by atoms with Gasteiger partial charge in [-0.1, -0.05) is 0 Å². The highest BCUT2D eigenvalue weighted by Gasteiger charge is 2.13. The summed E-state index contributed by atoms with van der Waals surface area (Å²) >= 11 is 0. The minimum Gasteiger partial charge on any atom is -0.465 e. The molecule has 0 amide bonds. The summed E-state index contributed by atoms with van der Waals surface area (Å²) in [5.74, 6) is -0.150. The van der Waals surface area contributed by atoms with Gasteiger partial charge in [0, 0.05) is 12.8 Å². The van der Waals surface area contributed by atoms with Gasteiger partial charge in [0.15, 0.2) is 0 Å². The zero-order valence-electron chi connectivity index (χ0n) is 10.8. The molecule has 0 aromatic carbocycles. The molecule has 1 aromatic rings. The van der Waals surface area contributed by atoms with E-state index in [-0.39, 0.29) is 11.3 Å². The molecule has 0 aliphatic carbocycles. The van der Waals surface area contributed by atoms with Crippen LogP contribution in [0.25, 0.3) is 0 Å². The van der Waals surface area contributed by atoms with Gasteiger partial charge in [0.25, 0.3) is 0 Å². The van der Waals surface area contributed by atoms with Crippen LogP contribution in [0.15, 0.2) is 12.3 Å². The molecule has 1 heterocycles. The first-order chi connectivity index (χ1) is 8.83. The summed E-state index contributed by atoms with van der Waals surface area (Å²) in [4.78, 5) is 15.5. The van der Waals surface area contributed by atoms with E-state index < -0.39 is 15.8 Å². The lowest BCUT2D eigenvalue weighted by Crippen LogP contribution is -2.14. The lowest BCUT2D eigenvalue weighted by molar-refractivity contribution is 0.0601. The third kappa shape index (κ3) is 5.12. The van der Waals surface area contributed by atoms with E-state index in [1.165, 1.54) is 25.6 Å². The number of carbonyl (C=O) groups excluding carboxylic acids is 1. The molecule has 19 heavy (non-hydrogen) atoms. The van der Waals surface area contributed by atoms with Crippen LogP contribution >= 0.6 is 0 Å². The predicted molar refractivity (Wildman–Crippen MR) is 72.8 cm³/mol. The van der Waals surface area contributed by atoms with Gasteiger partial charge < -0.3 is 15.8 Å². The summed E-state index contributed by atoms with van der Waals surface area (Å²) in [5, 5.41) is 2.90. The van der Waals surface area contributed by atoms with Crippen molar-refractivity contribution in [3.63, 3.8) is 0 Å². The first-order valence-electron chi connectivity index (χ1n) is 5.59. The highest BCUT2D eigenvalue weighted by atomic mass is 32.2. The summed E-state index contributed by atoms with van der Waals surface area (Å²) in [6, 6.07) is 1.46. The van der Waals surface area contributed by atoms with Gasteiger partial charge in [0.05, 0.1) is 24.7 Å². The fourth-order valence-electron chi connectivity index (χ4n) is 1.43. The molecule has 0 aliphatic rings. The molecule has 0 saturated heterocycles. The molecule has 0 saturated carbocycles. The first kappa shape index (κ1) is 15.2. The zero-order chi connectivity index (χ0) is 14.5. The van der Waals surface area contributed by atoms with Crippen molar-refractivity contribution in [1.29, 1.82) is 0 Å². The third-order valence-corrected chi connectivity index (χ3v) is 3.33. The Hall–Kier alpha value is -1.83. The zero-order valence-corrected chi connectivity index (χ0v) is 11.7. The molecule has 106 valence electrons. The molecule has 8 heteroatoms. The minimum absolute atomic E-state index is 0.0720. The lowest BCUT2D eigenvalue weighted by Gasteiger charge is -2.10. The van der Waals surface area contributed by atoms with Gasteiger partial charge in [0.1, 0.15) is 21.2 Å². The Bertz CT molecular complexity index is 557. The van der Waals surface area contributed by atoms with Crippen LogP contribution in [0.2, 0.25) is 0 Å². The summed E-state index contributed by atoms with van der Waals surface area (Å²) in [6.07, 6.45) is 3.01. The van der Waals surface area contributed by atoms with E-state index in [0.717, 1.165) is 0 Å². The minimum atomic E-state index is -2.99. The number of rotatable bonds is 6. The molecule has 0 bridgehead atoms. The van der Waals surface area contributed by atoms with E-state index in [4.69, 9.17) is 5.73 Å². The molecular formula is C11H17N3O4S. The van der Waals surface area contributed by atoms with Crippen LogP contribution in [0.4, 0.5) is 11.5 Å². The smallest absolute Gasteiger partial charge is 0.341 e. The second kappa shape index (κ2) is 6.37. The number of hydrogen-bond acceptors (Lipinski definition) is 7. The van der Waals surface area contributed by atoms with Crippen molar-refractivity contribution in [2.75, 3.05) is 36.7 Å². The maximum absolute atomic E-state index is 11.5. The van der Waals surface area contributed by atoms with Crippen LogP contribution < -0.4 is 11.1 Å². The molecule has 0 unspecified atom stereocenters. The quantitative estimate of drug-likeness (QED) is 0.571. The topological polar surface area (TPSA) is 111 Å². The number of ether oxygens (including phenoxy) is 1. The van der Waals surface area contributed by atoms with Gasteiger partial charge in [-0.25, -0.2) is 18.2 Å². The van der Waals surface area contributed by atoms with Crippen LogP contribution in [0, 0.1) is 0 Å². The van der Waals surface area contributed by atoms with Crippen molar-refractivity contribution in [2.24, 2.45) is 0 Å². The highest BCUT2D eigenvalue weighted by Crippen LogP contribution is 2.16. The maximum atomic E-state index is 11.5. The van der Waals surface area contributed by atoms with Gasteiger partial charge in [0.2, 0.25) is 0 Å². The predicted octanol–water partition coefficient (Wildman–Crippen LogP) is 0.297. The number of carbonyl (C=O) groups is 1. The van der Waals surface area contributed by atoms with Crippen molar-refractivity contribution >= 4 is 27.3 Å². The van der Waals surface area contributed by atoms with Crippen LogP contribution in [0.3, 0.4) is 0 Å². The number of nitrogens with two attached hydrogens (primary N) is 1. The number of anilines is 2. The van der Waals surface area contributed by atoms with Crippen molar-refractivity contribution in [3.8, 4) is 0 Å². The molecule has 3 N–H and O–H groups in total. The summed E-state index contributed by atoms with van der Waals surface area (Å²) in [5.41, 5.74) is 6.13. The number of methoxy groups -OCH3 is 1. The number of nitrogens with zero attached hydrogens (tertiary/aromatic N) is 1. The molecule has 0 atom stereocenters. The number of esters is 1. The molecule has 1 aromatic heterocycles. The maximum Gasteiger partial charge on any atom is 0.341 e. The second-order valence-electron chi connectivity index (χ2n) is 4.07. The van der Waals surface area contributed by atoms with E-state index in [0.29, 0.717) is 24.5 Å². The van der Waals surface area contributed by atoms with Crippen LogP contribution in [-0.4, -0.2) is 45.0 Å². The van der Waals surface area contributed by atoms with Gasteiger partial charge >= 0.3 is 5.97 Å². The lowest BCUT2D eigenvalue weighted by atomic mass is 10.2. The SMILES string of the molecule is COC(=O)c1cc(N)cnc1NCCCS(C)(=O)=O. The standard InChI is InChI=1S/C11H17N3O4S/c1-18-11(15)9-6-8(12)7-14-10(9)13-4-3-5-19(2,16)17/h6-7H,3-5,12H2,1-2H3,(H,13,14). The van der Waals surface area contributed by atoms with E-state index in [1.54, 1.807) is 0 Å². The van der Waals surface area contributed by atoms with Crippen LogP contribution in [0.1, 0.15) is 16.8 Å². The van der Waals surface area contributed by atoms with Gasteiger partial charge in [-0.05, 0) is 12.5 Å². The van der Waals surface area contributed by atoms with E-state index in [2.05, 4.69) is 15.0 Å². The number of hydrogen-bond donors (Lipinski definition) is 2. The Kier molecular flexibility index (Phi) is 5.11. The molecular weight excluding hydrogens is 270 g/mol. The Labute approximate surface area is 112 Å². The van der Waals surface area contributed by atoms with Gasteiger partial charge in [-0.2, -0.15) is 0 Å². The first-order valence-corrected chi connectivity index (χ1v) is 7.65. The average molecular weight is 287 g/mol. The van der Waals surface area contributed by atoms with Crippen molar-refractivity contribution in [3.05, 3.63) is 17.8 Å². The molecule has 1 rings (SSSR count). The summed E-state index contributed by atoms with van der Waals surface area (Å²) in [6.45, 7) is 0.383. The number of aromatic nitrogens is 1. The Morgan fingerprint density at radius 1 is 1.53 bits per heavy atom. The number of pyridine rings is 1. The summed E-state index contributed by atoms with van der Waals surface area (Å²) < 4.78 is 26.6. The van der Waals surface area contributed by atoms with E-state index >= 15 is 0 Å². The van der Waals surface area contributed by atoms with Crippen molar-refractivity contribution in [1.82, 2.24) is 4.98 Å². The summed E-state index contributed by atoms with van der Waals surface area (Å²) in [7, 11) is -1.73. The Morgan fingerprint density at radius 3 is 2.79 bits per heavy atom. The number of sulfone groups is 1. The molecule has 0 fully saturated rings. The molecule has 7 nitrogen and oxygen atoms in total. The Morgan fingerprint density at radius 2 is 2.21 bits per heavy atom. The second-order valence-corrected chi connectivity index (χ2v) is 6.33. The molecule has 0 radical (unpaired) electrons. The fraction of sp³-hybridized carbons (Fsp3) is 0.455. The van der Waals surface area contributed by atoms with Gasteiger partial charge in [-0.3, -0.25) is 0 Å². The van der Waals surface area contributed by atoms with Crippen LogP contribution in [-0.2, 0) is 14.6 Å². The van der Waals surface area contributed by atoms with Gasteiger partial charge in [-0.15, -0.1) is 0 Å². The molecule has 0 spiro atoms. The average Bonchev–Trinajstić information content (AvgIpc) is 2.33. The largest absolute Gasteiger partial charge is 0.465 e.